The van der Waals surface area contributed by atoms with Crippen LogP contribution in [0.4, 0.5) is 4.79 Å². The van der Waals surface area contributed by atoms with Gasteiger partial charge in [0.1, 0.15) is 19.0 Å². The van der Waals surface area contributed by atoms with Crippen LogP contribution in [0.2, 0.25) is 0 Å². The van der Waals surface area contributed by atoms with E-state index < -0.39 is 0 Å². The predicted molar refractivity (Wildman–Crippen MR) is 121 cm³/mol. The highest BCUT2D eigenvalue weighted by atomic mass is 16.5. The Morgan fingerprint density at radius 2 is 1.61 bits per heavy atom. The zero-order chi connectivity index (χ0) is 21.3. The van der Waals surface area contributed by atoms with Gasteiger partial charge in [0.2, 0.25) is 0 Å². The summed E-state index contributed by atoms with van der Waals surface area (Å²) in [5, 5.41) is 6.42. The first-order chi connectivity index (χ1) is 15.3. The quantitative estimate of drug-likeness (QED) is 0.589. The molecule has 2 atom stereocenters. The van der Waals surface area contributed by atoms with E-state index in [1.54, 1.807) is 0 Å². The molecule has 4 rings (SSSR count). The molecule has 3 aromatic rings. The number of amides is 1. The summed E-state index contributed by atoms with van der Waals surface area (Å²) >= 11 is 0. The lowest BCUT2D eigenvalue weighted by atomic mass is 9.86. The molecule has 5 nitrogen and oxygen atoms in total. The van der Waals surface area contributed by atoms with Gasteiger partial charge in [-0.25, -0.2) is 4.79 Å². The molecule has 3 aromatic carbocycles. The summed E-state index contributed by atoms with van der Waals surface area (Å²) in [4.78, 5) is 12.4. The van der Waals surface area contributed by atoms with Crippen molar-refractivity contribution < 1.29 is 14.3 Å². The van der Waals surface area contributed by atoms with Crippen LogP contribution in [0.5, 0.6) is 5.75 Å². The molecule has 1 aliphatic heterocycles. The number of hydrogen-bond donors (Lipinski definition) is 2. The van der Waals surface area contributed by atoms with Crippen LogP contribution in [0.1, 0.15) is 29.0 Å². The van der Waals surface area contributed by atoms with Crippen molar-refractivity contribution >= 4 is 6.09 Å². The highest BCUT2D eigenvalue weighted by Crippen LogP contribution is 2.29. The molecule has 1 heterocycles. The fourth-order valence-electron chi connectivity index (χ4n) is 3.90. The highest BCUT2D eigenvalue weighted by molar-refractivity contribution is 5.68. The van der Waals surface area contributed by atoms with Crippen LogP contribution in [-0.4, -0.2) is 25.2 Å². The SMILES string of the molecule is O=C(NC1CNCCC1c1cccc(OCc2ccccc2)c1)OCc1ccccc1. The van der Waals surface area contributed by atoms with Crippen LogP contribution in [0.25, 0.3) is 0 Å². The smallest absolute Gasteiger partial charge is 0.407 e. The summed E-state index contributed by atoms with van der Waals surface area (Å²) in [6, 6.07) is 28.0. The van der Waals surface area contributed by atoms with Gasteiger partial charge in [-0.15, -0.1) is 0 Å². The second-order valence-corrected chi connectivity index (χ2v) is 7.76. The van der Waals surface area contributed by atoms with Crippen molar-refractivity contribution in [1.82, 2.24) is 10.6 Å². The lowest BCUT2D eigenvalue weighted by molar-refractivity contribution is 0.132. The molecule has 1 fully saturated rings. The van der Waals surface area contributed by atoms with E-state index in [4.69, 9.17) is 9.47 Å². The van der Waals surface area contributed by atoms with E-state index in [1.807, 2.05) is 60.7 Å². The van der Waals surface area contributed by atoms with Crippen molar-refractivity contribution in [1.29, 1.82) is 0 Å². The van der Waals surface area contributed by atoms with E-state index in [0.29, 0.717) is 13.2 Å². The maximum atomic E-state index is 12.4. The maximum absolute atomic E-state index is 12.4. The number of carbonyl (C=O) groups is 1. The third kappa shape index (κ3) is 6.09. The summed E-state index contributed by atoms with van der Waals surface area (Å²) in [5.74, 6) is 1.04. The number of benzene rings is 3. The number of rotatable bonds is 7. The number of alkyl carbamates (subject to hydrolysis) is 1. The van der Waals surface area contributed by atoms with Gasteiger partial charge in [0, 0.05) is 12.5 Å². The van der Waals surface area contributed by atoms with Gasteiger partial charge in [-0.1, -0.05) is 72.8 Å². The van der Waals surface area contributed by atoms with E-state index >= 15 is 0 Å². The van der Waals surface area contributed by atoms with Gasteiger partial charge in [0.15, 0.2) is 0 Å². The van der Waals surface area contributed by atoms with Gasteiger partial charge >= 0.3 is 6.09 Å². The van der Waals surface area contributed by atoms with Gasteiger partial charge in [-0.2, -0.15) is 0 Å². The zero-order valence-corrected chi connectivity index (χ0v) is 17.5. The van der Waals surface area contributed by atoms with Gasteiger partial charge in [-0.3, -0.25) is 0 Å². The normalized spacial score (nSPS) is 18.2. The molecule has 0 radical (unpaired) electrons. The Bertz CT molecular complexity index is 963. The van der Waals surface area contributed by atoms with Gasteiger partial charge in [0.05, 0.1) is 6.04 Å². The van der Waals surface area contributed by atoms with Gasteiger partial charge in [-0.05, 0) is 41.8 Å². The first-order valence-electron chi connectivity index (χ1n) is 10.7. The van der Waals surface area contributed by atoms with Crippen LogP contribution in [-0.2, 0) is 18.0 Å². The lowest BCUT2D eigenvalue weighted by Crippen LogP contribution is -2.50. The fourth-order valence-corrected chi connectivity index (χ4v) is 3.90. The topological polar surface area (TPSA) is 59.6 Å². The maximum Gasteiger partial charge on any atom is 0.407 e. The fraction of sp³-hybridized carbons (Fsp3) is 0.269. The minimum Gasteiger partial charge on any atom is -0.489 e. The second-order valence-electron chi connectivity index (χ2n) is 7.76. The average molecular weight is 417 g/mol. The molecule has 5 heteroatoms. The van der Waals surface area contributed by atoms with E-state index in [9.17, 15) is 4.79 Å². The largest absolute Gasteiger partial charge is 0.489 e. The van der Waals surface area contributed by atoms with E-state index in [2.05, 4.69) is 34.9 Å². The lowest BCUT2D eigenvalue weighted by Gasteiger charge is -2.33. The first-order valence-corrected chi connectivity index (χ1v) is 10.7. The standard InChI is InChI=1S/C26H28N2O3/c29-26(31-19-21-10-5-2-6-11-21)28-25-17-27-15-14-24(25)22-12-7-13-23(16-22)30-18-20-8-3-1-4-9-20/h1-13,16,24-25,27H,14-15,17-19H2,(H,28,29). The van der Waals surface area contributed by atoms with Gasteiger partial charge < -0.3 is 20.1 Å². The summed E-state index contributed by atoms with van der Waals surface area (Å²) < 4.78 is 11.4. The Labute approximate surface area is 183 Å². The monoisotopic (exact) mass is 416 g/mol. The van der Waals surface area contributed by atoms with Crippen molar-refractivity contribution in [3.63, 3.8) is 0 Å². The molecule has 0 bridgehead atoms. The Balaban J connectivity index is 1.37. The number of hydrogen-bond acceptors (Lipinski definition) is 4. The molecule has 0 aromatic heterocycles. The van der Waals surface area contributed by atoms with Crippen LogP contribution in [0.15, 0.2) is 84.9 Å². The number of nitrogens with one attached hydrogen (secondary N) is 2. The highest BCUT2D eigenvalue weighted by Gasteiger charge is 2.28. The summed E-state index contributed by atoms with van der Waals surface area (Å²) in [7, 11) is 0. The molecule has 160 valence electrons. The van der Waals surface area contributed by atoms with Crippen molar-refractivity contribution in [3.8, 4) is 5.75 Å². The van der Waals surface area contributed by atoms with Crippen molar-refractivity contribution in [2.24, 2.45) is 0 Å². The zero-order valence-electron chi connectivity index (χ0n) is 17.5. The van der Waals surface area contributed by atoms with Crippen molar-refractivity contribution in [2.75, 3.05) is 13.1 Å². The number of ether oxygens (including phenoxy) is 2. The Hall–Kier alpha value is -3.31. The van der Waals surface area contributed by atoms with Crippen LogP contribution < -0.4 is 15.4 Å². The van der Waals surface area contributed by atoms with Crippen LogP contribution in [0.3, 0.4) is 0 Å². The Kier molecular flexibility index (Phi) is 7.19. The van der Waals surface area contributed by atoms with E-state index in [0.717, 1.165) is 29.8 Å². The van der Waals surface area contributed by atoms with Crippen LogP contribution >= 0.6 is 0 Å². The summed E-state index contributed by atoms with van der Waals surface area (Å²) in [6.45, 7) is 2.42. The van der Waals surface area contributed by atoms with Crippen molar-refractivity contribution in [2.45, 2.75) is 31.6 Å². The minimum atomic E-state index is -0.390. The molecule has 1 aliphatic rings. The molecular formula is C26H28N2O3. The molecule has 31 heavy (non-hydrogen) atoms. The van der Waals surface area contributed by atoms with E-state index in [-0.39, 0.29) is 24.7 Å². The third-order valence-corrected chi connectivity index (χ3v) is 5.53. The Morgan fingerprint density at radius 1 is 0.903 bits per heavy atom. The molecule has 0 spiro atoms. The molecule has 1 saturated heterocycles. The number of carbonyl (C=O) groups excluding carboxylic acids is 1. The summed E-state index contributed by atoms with van der Waals surface area (Å²) in [5.41, 5.74) is 3.27. The van der Waals surface area contributed by atoms with Crippen molar-refractivity contribution in [3.05, 3.63) is 102 Å². The third-order valence-electron chi connectivity index (χ3n) is 5.53. The molecule has 0 saturated carbocycles. The second kappa shape index (κ2) is 10.6. The molecule has 2 N–H and O–H groups in total. The van der Waals surface area contributed by atoms with Gasteiger partial charge in [0.25, 0.3) is 0 Å². The summed E-state index contributed by atoms with van der Waals surface area (Å²) in [6.07, 6.45) is 0.546. The predicted octanol–water partition coefficient (Wildman–Crippen LogP) is 4.64. The molecule has 1 amide bonds. The van der Waals surface area contributed by atoms with Crippen LogP contribution in [0, 0.1) is 0 Å². The minimum absolute atomic E-state index is 0.0404. The molecule has 2 unspecified atom stereocenters. The average Bonchev–Trinajstić information content (AvgIpc) is 2.83. The Morgan fingerprint density at radius 3 is 2.35 bits per heavy atom. The molecule has 0 aliphatic carbocycles. The number of piperidine rings is 1. The van der Waals surface area contributed by atoms with E-state index in [1.165, 1.54) is 5.56 Å². The first kappa shape index (κ1) is 20.9. The molecular weight excluding hydrogens is 388 g/mol.